The summed E-state index contributed by atoms with van der Waals surface area (Å²) in [5.41, 5.74) is 3.82. The van der Waals surface area contributed by atoms with E-state index in [4.69, 9.17) is 16.3 Å². The molecule has 0 saturated carbocycles. The monoisotopic (exact) mass is 434 g/mol. The average molecular weight is 435 g/mol. The van der Waals surface area contributed by atoms with Gasteiger partial charge < -0.3 is 20.4 Å². The minimum Gasteiger partial charge on any atom is -0.497 e. The Morgan fingerprint density at radius 3 is 2.45 bits per heavy atom. The number of hydrogen-bond donors (Lipinski definition) is 3. The highest BCUT2D eigenvalue weighted by Crippen LogP contribution is 2.21. The van der Waals surface area contributed by atoms with Crippen LogP contribution in [0.3, 0.4) is 0 Å². The predicted octanol–water partition coefficient (Wildman–Crippen LogP) is 5.01. The van der Waals surface area contributed by atoms with Crippen molar-refractivity contribution in [3.8, 4) is 5.75 Å². The fraction of sp³-hybridized carbons (Fsp3) is 0.167. The zero-order valence-electron chi connectivity index (χ0n) is 17.1. The summed E-state index contributed by atoms with van der Waals surface area (Å²) in [4.78, 5) is 20.7. The van der Waals surface area contributed by atoms with Crippen LogP contribution in [-0.2, 0) is 13.0 Å². The first-order valence-corrected chi connectivity index (χ1v) is 10.3. The van der Waals surface area contributed by atoms with Gasteiger partial charge in [0.2, 0.25) is 0 Å². The number of fused-ring (bicyclic) bond motifs is 1. The molecule has 1 atom stereocenters. The molecule has 7 heteroatoms. The molecule has 0 saturated heterocycles. The molecule has 0 spiro atoms. The van der Waals surface area contributed by atoms with Gasteiger partial charge in [-0.25, -0.2) is 9.78 Å². The molecule has 1 unspecified atom stereocenters. The number of imidazole rings is 1. The highest BCUT2D eigenvalue weighted by molar-refractivity contribution is 6.30. The summed E-state index contributed by atoms with van der Waals surface area (Å²) in [6.07, 6.45) is 0.582. The molecule has 4 rings (SSSR count). The lowest BCUT2D eigenvalue weighted by Gasteiger charge is -2.18. The molecule has 3 aromatic carbocycles. The lowest BCUT2D eigenvalue weighted by Crippen LogP contribution is -2.38. The normalized spacial score (nSPS) is 11.8. The topological polar surface area (TPSA) is 79.0 Å². The lowest BCUT2D eigenvalue weighted by atomic mass is 10.1. The fourth-order valence-electron chi connectivity index (χ4n) is 3.34. The number of nitrogens with one attached hydrogen (secondary N) is 3. The first-order valence-electron chi connectivity index (χ1n) is 9.97. The number of rotatable bonds is 7. The van der Waals surface area contributed by atoms with Crippen LogP contribution >= 0.6 is 11.6 Å². The summed E-state index contributed by atoms with van der Waals surface area (Å²) in [6, 6.07) is 22.4. The molecular formula is C24H23ClN4O2. The van der Waals surface area contributed by atoms with Crippen molar-refractivity contribution in [3.05, 3.63) is 94.8 Å². The maximum absolute atomic E-state index is 12.7. The SMILES string of the molecule is COc1ccc(CC(NC(=O)NCc2ccc(Cl)cc2)c2nc3ccccc3[nH]2)cc1. The fourth-order valence-corrected chi connectivity index (χ4v) is 3.47. The predicted molar refractivity (Wildman–Crippen MR) is 122 cm³/mol. The van der Waals surface area contributed by atoms with E-state index in [-0.39, 0.29) is 12.1 Å². The van der Waals surface area contributed by atoms with E-state index in [1.54, 1.807) is 19.2 Å². The smallest absolute Gasteiger partial charge is 0.315 e. The summed E-state index contributed by atoms with van der Waals surface area (Å²) in [6.45, 7) is 0.401. The van der Waals surface area contributed by atoms with Crippen LogP contribution < -0.4 is 15.4 Å². The van der Waals surface area contributed by atoms with E-state index in [0.717, 1.165) is 27.9 Å². The third kappa shape index (κ3) is 5.35. The molecule has 6 nitrogen and oxygen atoms in total. The molecule has 0 fully saturated rings. The second-order valence-electron chi connectivity index (χ2n) is 7.20. The van der Waals surface area contributed by atoms with Crippen LogP contribution in [0, 0.1) is 0 Å². The summed E-state index contributed by atoms with van der Waals surface area (Å²) < 4.78 is 5.24. The van der Waals surface area contributed by atoms with Crippen LogP contribution in [0.4, 0.5) is 4.79 Å². The van der Waals surface area contributed by atoms with Crippen molar-refractivity contribution in [2.24, 2.45) is 0 Å². The number of benzene rings is 3. The van der Waals surface area contributed by atoms with Crippen molar-refractivity contribution in [2.75, 3.05) is 7.11 Å². The highest BCUT2D eigenvalue weighted by Gasteiger charge is 2.19. The number of H-pyrrole nitrogens is 1. The number of halogens is 1. The Kier molecular flexibility index (Phi) is 6.38. The highest BCUT2D eigenvalue weighted by atomic mass is 35.5. The molecule has 0 aliphatic heterocycles. The Morgan fingerprint density at radius 2 is 1.74 bits per heavy atom. The Balaban J connectivity index is 1.50. The van der Waals surface area contributed by atoms with Gasteiger partial charge in [0.1, 0.15) is 11.6 Å². The van der Waals surface area contributed by atoms with Gasteiger partial charge in [0, 0.05) is 11.6 Å². The minimum absolute atomic E-state index is 0.270. The van der Waals surface area contributed by atoms with E-state index < -0.39 is 0 Å². The van der Waals surface area contributed by atoms with Crippen molar-refractivity contribution in [3.63, 3.8) is 0 Å². The molecule has 4 aromatic rings. The number of carbonyl (C=O) groups excluding carboxylic acids is 1. The standard InChI is InChI=1S/C24H23ClN4O2/c1-31-19-12-8-16(9-13-19)14-22(23-27-20-4-2-3-5-21(20)28-23)29-24(30)26-15-17-6-10-18(25)11-7-17/h2-13,22H,14-15H2,1H3,(H,27,28)(H2,26,29,30). The third-order valence-electron chi connectivity index (χ3n) is 5.01. The Hall–Kier alpha value is -3.51. The summed E-state index contributed by atoms with van der Waals surface area (Å²) in [7, 11) is 1.64. The second-order valence-corrected chi connectivity index (χ2v) is 7.63. The first kappa shape index (κ1) is 20.8. The van der Waals surface area contributed by atoms with Gasteiger partial charge in [-0.15, -0.1) is 0 Å². The Bertz CT molecular complexity index is 1120. The van der Waals surface area contributed by atoms with E-state index in [1.807, 2.05) is 60.7 Å². The van der Waals surface area contributed by atoms with Gasteiger partial charge in [-0.3, -0.25) is 0 Å². The van der Waals surface area contributed by atoms with Gasteiger partial charge in [-0.1, -0.05) is 48.0 Å². The van der Waals surface area contributed by atoms with Gasteiger partial charge in [-0.05, 0) is 53.9 Å². The van der Waals surface area contributed by atoms with Crippen LogP contribution in [0.15, 0.2) is 72.8 Å². The Labute approximate surface area is 185 Å². The number of ether oxygens (including phenoxy) is 1. The quantitative estimate of drug-likeness (QED) is 0.382. The molecule has 1 aromatic heterocycles. The summed E-state index contributed by atoms with van der Waals surface area (Å²) >= 11 is 5.92. The zero-order valence-corrected chi connectivity index (χ0v) is 17.8. The number of urea groups is 1. The maximum atomic E-state index is 12.7. The molecule has 2 amide bonds. The Morgan fingerprint density at radius 1 is 1.03 bits per heavy atom. The lowest BCUT2D eigenvalue weighted by molar-refractivity contribution is 0.236. The van der Waals surface area contributed by atoms with E-state index in [0.29, 0.717) is 23.8 Å². The first-order chi connectivity index (χ1) is 15.1. The van der Waals surface area contributed by atoms with Gasteiger partial charge in [0.25, 0.3) is 0 Å². The average Bonchev–Trinajstić information content (AvgIpc) is 3.23. The molecule has 0 radical (unpaired) electrons. The van der Waals surface area contributed by atoms with Gasteiger partial charge >= 0.3 is 6.03 Å². The number of nitrogens with zero attached hydrogens (tertiary/aromatic N) is 1. The number of aromatic amines is 1. The van der Waals surface area contributed by atoms with Crippen molar-refractivity contribution < 1.29 is 9.53 Å². The maximum Gasteiger partial charge on any atom is 0.315 e. The molecule has 0 aliphatic carbocycles. The van der Waals surface area contributed by atoms with Crippen molar-refractivity contribution >= 4 is 28.7 Å². The zero-order chi connectivity index (χ0) is 21.6. The van der Waals surface area contributed by atoms with E-state index in [2.05, 4.69) is 20.6 Å². The second kappa shape index (κ2) is 9.53. The molecule has 0 aliphatic rings. The number of amides is 2. The van der Waals surface area contributed by atoms with Crippen LogP contribution in [-0.4, -0.2) is 23.1 Å². The van der Waals surface area contributed by atoms with Crippen LogP contribution in [0.5, 0.6) is 5.75 Å². The molecule has 31 heavy (non-hydrogen) atoms. The summed E-state index contributed by atoms with van der Waals surface area (Å²) in [5, 5.41) is 6.62. The van der Waals surface area contributed by atoms with Crippen LogP contribution in [0.2, 0.25) is 5.02 Å². The molecule has 3 N–H and O–H groups in total. The van der Waals surface area contributed by atoms with Crippen LogP contribution in [0.1, 0.15) is 23.0 Å². The van der Waals surface area contributed by atoms with Crippen molar-refractivity contribution in [1.29, 1.82) is 0 Å². The van der Waals surface area contributed by atoms with E-state index in [1.165, 1.54) is 0 Å². The molecular weight excluding hydrogens is 412 g/mol. The van der Waals surface area contributed by atoms with E-state index >= 15 is 0 Å². The van der Waals surface area contributed by atoms with Gasteiger partial charge in [-0.2, -0.15) is 0 Å². The van der Waals surface area contributed by atoms with E-state index in [9.17, 15) is 4.79 Å². The minimum atomic E-state index is -0.328. The van der Waals surface area contributed by atoms with Gasteiger partial charge in [0.15, 0.2) is 0 Å². The van der Waals surface area contributed by atoms with Crippen molar-refractivity contribution in [2.45, 2.75) is 19.0 Å². The largest absolute Gasteiger partial charge is 0.497 e. The number of methoxy groups -OCH3 is 1. The van der Waals surface area contributed by atoms with Crippen molar-refractivity contribution in [1.82, 2.24) is 20.6 Å². The number of aromatic nitrogens is 2. The number of carbonyl (C=O) groups is 1. The molecule has 158 valence electrons. The molecule has 0 bridgehead atoms. The van der Waals surface area contributed by atoms with Gasteiger partial charge in [0.05, 0.1) is 24.2 Å². The number of para-hydroxylation sites is 2. The molecule has 1 heterocycles. The van der Waals surface area contributed by atoms with Crippen LogP contribution in [0.25, 0.3) is 11.0 Å². The third-order valence-corrected chi connectivity index (χ3v) is 5.26. The summed E-state index contributed by atoms with van der Waals surface area (Å²) in [5.74, 6) is 1.50. The number of hydrogen-bond acceptors (Lipinski definition) is 3.